The zero-order chi connectivity index (χ0) is 8.97. The topological polar surface area (TPSA) is 36.4 Å². The lowest BCUT2D eigenvalue weighted by Crippen LogP contribution is -2.34. The summed E-state index contributed by atoms with van der Waals surface area (Å²) in [4.78, 5) is 4.36. The van der Waals surface area contributed by atoms with Crippen LogP contribution >= 0.6 is 0 Å². The summed E-state index contributed by atoms with van der Waals surface area (Å²) in [5.74, 6) is 0.903. The SMILES string of the molecule is C=CC(=C)NNC(C)=NC1CC1. The zero-order valence-electron chi connectivity index (χ0n) is 7.43. The Bertz CT molecular complexity index is 214. The molecule has 1 aliphatic rings. The molecule has 0 saturated heterocycles. The second-order valence-corrected chi connectivity index (χ2v) is 2.93. The number of hydrogen-bond acceptors (Lipinski definition) is 2. The van der Waals surface area contributed by atoms with E-state index in [4.69, 9.17) is 0 Å². The molecule has 0 unspecified atom stereocenters. The van der Waals surface area contributed by atoms with Crippen molar-refractivity contribution in [3.63, 3.8) is 0 Å². The zero-order valence-corrected chi connectivity index (χ0v) is 7.43. The van der Waals surface area contributed by atoms with Crippen LogP contribution in [0.25, 0.3) is 0 Å². The molecule has 0 aromatic heterocycles. The van der Waals surface area contributed by atoms with E-state index in [1.165, 1.54) is 12.8 Å². The molecule has 0 aromatic rings. The van der Waals surface area contributed by atoms with Gasteiger partial charge in [0.25, 0.3) is 0 Å². The maximum absolute atomic E-state index is 4.36. The minimum absolute atomic E-state index is 0.552. The highest BCUT2D eigenvalue weighted by molar-refractivity contribution is 5.79. The van der Waals surface area contributed by atoms with Crippen molar-refractivity contribution in [3.8, 4) is 0 Å². The Morgan fingerprint density at radius 3 is 2.67 bits per heavy atom. The van der Waals surface area contributed by atoms with Crippen molar-refractivity contribution in [2.45, 2.75) is 25.8 Å². The van der Waals surface area contributed by atoms with Crippen molar-refractivity contribution in [2.24, 2.45) is 4.99 Å². The quantitative estimate of drug-likeness (QED) is 0.285. The third-order valence-corrected chi connectivity index (χ3v) is 1.57. The molecule has 0 aromatic carbocycles. The second kappa shape index (κ2) is 3.95. The van der Waals surface area contributed by atoms with Crippen molar-refractivity contribution in [2.75, 3.05) is 0 Å². The third-order valence-electron chi connectivity index (χ3n) is 1.57. The Balaban J connectivity index is 2.20. The number of nitrogens with one attached hydrogen (secondary N) is 2. The van der Waals surface area contributed by atoms with Gasteiger partial charge in [-0.1, -0.05) is 13.2 Å². The van der Waals surface area contributed by atoms with Gasteiger partial charge in [0.15, 0.2) is 0 Å². The number of amidine groups is 1. The lowest BCUT2D eigenvalue weighted by atomic mass is 10.5. The maximum Gasteiger partial charge on any atom is 0.112 e. The predicted octanol–water partition coefficient (Wildman–Crippen LogP) is 1.36. The van der Waals surface area contributed by atoms with E-state index in [0.717, 1.165) is 11.5 Å². The van der Waals surface area contributed by atoms with Crippen molar-refractivity contribution < 1.29 is 0 Å². The molecule has 3 heteroatoms. The summed E-state index contributed by atoms with van der Waals surface area (Å²) < 4.78 is 0. The Morgan fingerprint density at radius 2 is 2.17 bits per heavy atom. The molecule has 1 aliphatic carbocycles. The van der Waals surface area contributed by atoms with Crippen LogP contribution in [0.15, 0.2) is 29.9 Å². The molecule has 1 rings (SSSR count). The molecule has 1 saturated carbocycles. The Morgan fingerprint density at radius 1 is 1.50 bits per heavy atom. The molecule has 0 atom stereocenters. The highest BCUT2D eigenvalue weighted by Gasteiger charge is 2.19. The molecule has 0 heterocycles. The molecule has 12 heavy (non-hydrogen) atoms. The number of nitrogens with zero attached hydrogens (tertiary/aromatic N) is 1. The van der Waals surface area contributed by atoms with Gasteiger partial charge in [-0.05, 0) is 25.8 Å². The number of hydrogen-bond donors (Lipinski definition) is 2. The van der Waals surface area contributed by atoms with Gasteiger partial charge < -0.3 is 5.43 Å². The molecule has 0 aliphatic heterocycles. The highest BCUT2D eigenvalue weighted by atomic mass is 15.4. The Hall–Kier alpha value is -1.25. The Kier molecular flexibility index (Phi) is 2.91. The van der Waals surface area contributed by atoms with Gasteiger partial charge in [0.2, 0.25) is 0 Å². The number of allylic oxidation sites excluding steroid dienone is 1. The fourth-order valence-electron chi connectivity index (χ4n) is 0.732. The minimum atomic E-state index is 0.552. The molecule has 0 amide bonds. The normalized spacial score (nSPS) is 16.9. The van der Waals surface area contributed by atoms with Crippen LogP contribution in [0.4, 0.5) is 0 Å². The molecule has 2 N–H and O–H groups in total. The maximum atomic E-state index is 4.36. The molecule has 0 spiro atoms. The fourth-order valence-corrected chi connectivity index (χ4v) is 0.732. The molecule has 66 valence electrons. The summed E-state index contributed by atoms with van der Waals surface area (Å²) in [6, 6.07) is 0.552. The van der Waals surface area contributed by atoms with Gasteiger partial charge in [-0.25, -0.2) is 0 Å². The molecule has 3 nitrogen and oxygen atoms in total. The van der Waals surface area contributed by atoms with E-state index in [0.29, 0.717) is 6.04 Å². The monoisotopic (exact) mass is 165 g/mol. The summed E-state index contributed by atoms with van der Waals surface area (Å²) in [7, 11) is 0. The third kappa shape index (κ3) is 3.23. The van der Waals surface area contributed by atoms with Crippen LogP contribution in [0.1, 0.15) is 19.8 Å². The molecular formula is C9H15N3. The first-order chi connectivity index (χ1) is 5.72. The summed E-state index contributed by atoms with van der Waals surface area (Å²) >= 11 is 0. The van der Waals surface area contributed by atoms with Gasteiger partial charge >= 0.3 is 0 Å². The Labute approximate surface area is 73.2 Å². The van der Waals surface area contributed by atoms with E-state index < -0.39 is 0 Å². The summed E-state index contributed by atoms with van der Waals surface area (Å²) in [6.07, 6.45) is 4.10. The lowest BCUT2D eigenvalue weighted by Gasteiger charge is -2.07. The van der Waals surface area contributed by atoms with Crippen LogP contribution in [0.3, 0.4) is 0 Å². The molecule has 1 fully saturated rings. The van der Waals surface area contributed by atoms with Gasteiger partial charge in [0.1, 0.15) is 5.84 Å². The van der Waals surface area contributed by atoms with E-state index in [1.807, 2.05) is 6.92 Å². The van der Waals surface area contributed by atoms with Gasteiger partial charge in [0, 0.05) is 5.70 Å². The van der Waals surface area contributed by atoms with Crippen molar-refractivity contribution in [3.05, 3.63) is 24.9 Å². The number of rotatable bonds is 4. The summed E-state index contributed by atoms with van der Waals surface area (Å²) in [5.41, 5.74) is 6.56. The average Bonchev–Trinajstić information content (AvgIpc) is 2.84. The van der Waals surface area contributed by atoms with Crippen molar-refractivity contribution in [1.82, 2.24) is 10.9 Å². The fraction of sp³-hybridized carbons (Fsp3) is 0.444. The van der Waals surface area contributed by atoms with E-state index in [-0.39, 0.29) is 0 Å². The number of hydrazine groups is 1. The van der Waals surface area contributed by atoms with Gasteiger partial charge in [-0.2, -0.15) is 0 Å². The predicted molar refractivity (Wildman–Crippen MR) is 51.7 cm³/mol. The van der Waals surface area contributed by atoms with E-state index >= 15 is 0 Å². The van der Waals surface area contributed by atoms with E-state index in [9.17, 15) is 0 Å². The van der Waals surface area contributed by atoms with Crippen molar-refractivity contribution >= 4 is 5.84 Å². The van der Waals surface area contributed by atoms with Crippen LogP contribution in [-0.2, 0) is 0 Å². The van der Waals surface area contributed by atoms with Gasteiger partial charge in [-0.3, -0.25) is 10.4 Å². The average molecular weight is 165 g/mol. The van der Waals surface area contributed by atoms with E-state index in [2.05, 4.69) is 29.0 Å². The van der Waals surface area contributed by atoms with Crippen LogP contribution in [0, 0.1) is 0 Å². The van der Waals surface area contributed by atoms with Crippen LogP contribution in [-0.4, -0.2) is 11.9 Å². The second-order valence-electron chi connectivity index (χ2n) is 2.93. The van der Waals surface area contributed by atoms with Crippen LogP contribution in [0.2, 0.25) is 0 Å². The first-order valence-electron chi connectivity index (χ1n) is 4.10. The molecule has 0 bridgehead atoms. The standard InChI is InChI=1S/C9H15N3/c1-4-7(2)11-12-8(3)10-9-5-6-9/h4,9,11H,1-2,5-6H2,3H3,(H,10,12). The highest BCUT2D eigenvalue weighted by Crippen LogP contribution is 2.23. The minimum Gasteiger partial charge on any atom is -0.301 e. The molecular weight excluding hydrogens is 150 g/mol. The summed E-state index contributed by atoms with van der Waals surface area (Å²) in [6.45, 7) is 9.20. The molecule has 0 radical (unpaired) electrons. The first-order valence-corrected chi connectivity index (χ1v) is 4.10. The number of aliphatic imine (C=N–C) groups is 1. The van der Waals surface area contributed by atoms with Crippen LogP contribution in [0.5, 0.6) is 0 Å². The smallest absolute Gasteiger partial charge is 0.112 e. The first kappa shape index (κ1) is 8.84. The van der Waals surface area contributed by atoms with Gasteiger partial charge in [0.05, 0.1) is 6.04 Å². The largest absolute Gasteiger partial charge is 0.301 e. The van der Waals surface area contributed by atoms with Crippen molar-refractivity contribution in [1.29, 1.82) is 0 Å². The van der Waals surface area contributed by atoms with Gasteiger partial charge in [-0.15, -0.1) is 0 Å². The van der Waals surface area contributed by atoms with E-state index in [1.54, 1.807) is 6.08 Å². The van der Waals surface area contributed by atoms with Crippen LogP contribution < -0.4 is 10.9 Å². The summed E-state index contributed by atoms with van der Waals surface area (Å²) in [5, 5.41) is 0. The lowest BCUT2D eigenvalue weighted by molar-refractivity contribution is 0.777.